The van der Waals surface area contributed by atoms with Gasteiger partial charge in [-0.2, -0.15) is 0 Å². The van der Waals surface area contributed by atoms with Crippen molar-refractivity contribution in [1.82, 2.24) is 15.3 Å². The number of amides is 2. The lowest BCUT2D eigenvalue weighted by Gasteiger charge is -2.17. The van der Waals surface area contributed by atoms with Crippen molar-refractivity contribution in [3.8, 4) is 22.3 Å². The maximum atomic E-state index is 14.6. The third kappa shape index (κ3) is 4.67. The summed E-state index contributed by atoms with van der Waals surface area (Å²) in [4.78, 5) is 32.6. The molecular formula is C26H25FN4O3. The number of carbonyl (C=O) groups is 1. The third-order valence-electron chi connectivity index (χ3n) is 5.66. The Morgan fingerprint density at radius 3 is 2.62 bits per heavy atom. The van der Waals surface area contributed by atoms with E-state index in [0.717, 1.165) is 0 Å². The lowest BCUT2D eigenvalue weighted by Crippen LogP contribution is -2.35. The molecule has 0 unspecified atom stereocenters. The molecule has 2 amide bonds. The van der Waals surface area contributed by atoms with Crippen LogP contribution < -0.4 is 16.2 Å². The predicted molar refractivity (Wildman–Crippen MR) is 131 cm³/mol. The molecule has 2 aromatic carbocycles. The van der Waals surface area contributed by atoms with Gasteiger partial charge in [0.2, 0.25) is 0 Å². The number of urea groups is 1. The van der Waals surface area contributed by atoms with Crippen LogP contribution in [0.1, 0.15) is 19.0 Å². The lowest BCUT2D eigenvalue weighted by atomic mass is 9.95. The Hall–Kier alpha value is -4.04. The van der Waals surface area contributed by atoms with E-state index in [-0.39, 0.29) is 17.9 Å². The van der Waals surface area contributed by atoms with Crippen molar-refractivity contribution in [3.63, 3.8) is 0 Å². The van der Waals surface area contributed by atoms with Gasteiger partial charge >= 0.3 is 6.03 Å². The van der Waals surface area contributed by atoms with Gasteiger partial charge in [-0.15, -0.1) is 0 Å². The van der Waals surface area contributed by atoms with E-state index in [0.29, 0.717) is 51.0 Å². The summed E-state index contributed by atoms with van der Waals surface area (Å²) in [5.41, 5.74) is 3.07. The van der Waals surface area contributed by atoms with Gasteiger partial charge < -0.3 is 20.7 Å². The Labute approximate surface area is 195 Å². The number of hydrogen-bond acceptors (Lipinski definition) is 4. The summed E-state index contributed by atoms with van der Waals surface area (Å²) in [6, 6.07) is 14.5. The van der Waals surface area contributed by atoms with Crippen molar-refractivity contribution in [1.29, 1.82) is 0 Å². The second-order valence-corrected chi connectivity index (χ2v) is 7.97. The first-order valence-corrected chi connectivity index (χ1v) is 11.0. The molecule has 4 N–H and O–H groups in total. The number of anilines is 1. The molecular weight excluding hydrogens is 435 g/mol. The monoisotopic (exact) mass is 460 g/mol. The SMILES string of the molecule is CC[C@@H](O)CNC(=O)Nc1ccc2nc(C)c(-c3ccccc3F)cc2c1-c1ccc[nH]c1=O. The van der Waals surface area contributed by atoms with E-state index in [1.54, 1.807) is 55.5 Å². The Morgan fingerprint density at radius 1 is 1.12 bits per heavy atom. The minimum Gasteiger partial charge on any atom is -0.391 e. The number of benzene rings is 2. The second kappa shape index (κ2) is 9.84. The molecule has 2 aromatic heterocycles. The molecule has 8 heteroatoms. The third-order valence-corrected chi connectivity index (χ3v) is 5.66. The molecule has 1 atom stereocenters. The average molecular weight is 461 g/mol. The highest BCUT2D eigenvalue weighted by Gasteiger charge is 2.18. The van der Waals surface area contributed by atoms with Crippen molar-refractivity contribution in [3.05, 3.63) is 82.7 Å². The van der Waals surface area contributed by atoms with E-state index in [4.69, 9.17) is 0 Å². The summed E-state index contributed by atoms with van der Waals surface area (Å²) < 4.78 is 14.6. The molecule has 0 radical (unpaired) electrons. The first-order valence-electron chi connectivity index (χ1n) is 11.0. The number of aliphatic hydroxyl groups is 1. The van der Waals surface area contributed by atoms with Crippen LogP contribution in [0.5, 0.6) is 0 Å². The minimum atomic E-state index is -0.658. The first-order chi connectivity index (χ1) is 16.4. The van der Waals surface area contributed by atoms with Crippen molar-refractivity contribution in [2.75, 3.05) is 11.9 Å². The summed E-state index contributed by atoms with van der Waals surface area (Å²) in [7, 11) is 0. The van der Waals surface area contributed by atoms with Crippen molar-refractivity contribution in [2.24, 2.45) is 0 Å². The van der Waals surface area contributed by atoms with Gasteiger partial charge in [0.25, 0.3) is 5.56 Å². The normalized spacial score (nSPS) is 11.9. The van der Waals surface area contributed by atoms with Crippen LogP contribution in [-0.4, -0.2) is 33.8 Å². The van der Waals surface area contributed by atoms with E-state index in [1.165, 1.54) is 12.3 Å². The molecule has 0 aliphatic heterocycles. The molecule has 2 heterocycles. The molecule has 174 valence electrons. The lowest BCUT2D eigenvalue weighted by molar-refractivity contribution is 0.168. The van der Waals surface area contributed by atoms with E-state index >= 15 is 0 Å². The van der Waals surface area contributed by atoms with Gasteiger partial charge in [-0.25, -0.2) is 9.18 Å². The van der Waals surface area contributed by atoms with Crippen LogP contribution in [0.2, 0.25) is 0 Å². The maximum Gasteiger partial charge on any atom is 0.319 e. The van der Waals surface area contributed by atoms with Crippen LogP contribution in [0.15, 0.2) is 65.6 Å². The number of aliphatic hydroxyl groups excluding tert-OH is 1. The fraction of sp³-hybridized carbons (Fsp3) is 0.192. The molecule has 7 nitrogen and oxygen atoms in total. The Balaban J connectivity index is 1.90. The smallest absolute Gasteiger partial charge is 0.319 e. The number of halogens is 1. The van der Waals surface area contributed by atoms with Crippen LogP contribution in [0.25, 0.3) is 33.2 Å². The number of aromatic nitrogens is 2. The molecule has 0 bridgehead atoms. The number of aromatic amines is 1. The fourth-order valence-electron chi connectivity index (χ4n) is 3.83. The summed E-state index contributed by atoms with van der Waals surface area (Å²) in [6.07, 6.45) is 1.37. The zero-order valence-electron chi connectivity index (χ0n) is 18.9. The minimum absolute atomic E-state index is 0.0926. The van der Waals surface area contributed by atoms with E-state index in [9.17, 15) is 19.1 Å². The zero-order valence-corrected chi connectivity index (χ0v) is 18.9. The van der Waals surface area contributed by atoms with E-state index in [1.807, 2.05) is 6.92 Å². The van der Waals surface area contributed by atoms with Crippen LogP contribution in [0.3, 0.4) is 0 Å². The van der Waals surface area contributed by atoms with Crippen LogP contribution in [-0.2, 0) is 0 Å². The Kier molecular flexibility index (Phi) is 6.70. The fourth-order valence-corrected chi connectivity index (χ4v) is 3.83. The highest BCUT2D eigenvalue weighted by atomic mass is 19.1. The molecule has 0 aliphatic rings. The number of H-pyrrole nitrogens is 1. The van der Waals surface area contributed by atoms with E-state index in [2.05, 4.69) is 20.6 Å². The molecule has 0 saturated carbocycles. The quantitative estimate of drug-likeness (QED) is 0.337. The molecule has 0 fully saturated rings. The van der Waals surface area contributed by atoms with Gasteiger partial charge in [-0.1, -0.05) is 25.1 Å². The van der Waals surface area contributed by atoms with Gasteiger partial charge in [-0.3, -0.25) is 9.78 Å². The van der Waals surface area contributed by atoms with Gasteiger partial charge in [-0.05, 0) is 49.7 Å². The zero-order chi connectivity index (χ0) is 24.2. The summed E-state index contributed by atoms with van der Waals surface area (Å²) in [5, 5.41) is 15.7. The van der Waals surface area contributed by atoms with Crippen LogP contribution in [0, 0.1) is 12.7 Å². The Bertz CT molecular complexity index is 1420. The molecule has 0 saturated heterocycles. The predicted octanol–water partition coefficient (Wildman–Crippen LogP) is 4.60. The van der Waals surface area contributed by atoms with Gasteiger partial charge in [0.15, 0.2) is 0 Å². The van der Waals surface area contributed by atoms with Crippen molar-refractivity contribution >= 4 is 22.6 Å². The van der Waals surface area contributed by atoms with Crippen molar-refractivity contribution in [2.45, 2.75) is 26.4 Å². The van der Waals surface area contributed by atoms with Crippen LogP contribution in [0.4, 0.5) is 14.9 Å². The number of carbonyl (C=O) groups excluding carboxylic acids is 1. The van der Waals surface area contributed by atoms with Gasteiger partial charge in [0.1, 0.15) is 5.82 Å². The number of rotatable bonds is 6. The van der Waals surface area contributed by atoms with Gasteiger partial charge in [0, 0.05) is 46.1 Å². The molecule has 0 spiro atoms. The van der Waals surface area contributed by atoms with Crippen molar-refractivity contribution < 1.29 is 14.3 Å². The standard InChI is InChI=1S/C26H25FN4O3/c1-3-16(32)14-29-26(34)31-23-11-10-22-20(24(23)18-8-6-12-28-25(18)33)13-19(15(2)30-22)17-7-4-5-9-21(17)27/h4-13,16,32H,3,14H2,1-2H3,(H,28,33)(H2,29,31,34)/t16-/m1/s1. The number of aryl methyl sites for hydroxylation is 1. The second-order valence-electron chi connectivity index (χ2n) is 7.97. The number of hydrogen-bond donors (Lipinski definition) is 4. The number of nitrogens with zero attached hydrogens (tertiary/aromatic N) is 1. The first kappa shape index (κ1) is 23.1. The topological polar surface area (TPSA) is 107 Å². The van der Waals surface area contributed by atoms with E-state index < -0.39 is 12.1 Å². The Morgan fingerprint density at radius 2 is 1.88 bits per heavy atom. The molecule has 4 rings (SSSR count). The molecule has 4 aromatic rings. The number of pyridine rings is 2. The number of nitrogens with one attached hydrogen (secondary N) is 3. The summed E-state index contributed by atoms with van der Waals surface area (Å²) in [6.45, 7) is 3.71. The highest BCUT2D eigenvalue weighted by molar-refractivity contribution is 6.06. The van der Waals surface area contributed by atoms with Crippen LogP contribution >= 0.6 is 0 Å². The van der Waals surface area contributed by atoms with Gasteiger partial charge in [0.05, 0.1) is 17.3 Å². The number of fused-ring (bicyclic) bond motifs is 1. The summed E-state index contributed by atoms with van der Waals surface area (Å²) >= 11 is 0. The largest absolute Gasteiger partial charge is 0.391 e. The molecule has 0 aliphatic carbocycles. The average Bonchev–Trinajstić information content (AvgIpc) is 2.83. The summed E-state index contributed by atoms with van der Waals surface area (Å²) in [5.74, 6) is -0.381. The molecule has 34 heavy (non-hydrogen) atoms. The highest BCUT2D eigenvalue weighted by Crippen LogP contribution is 2.37. The maximum absolute atomic E-state index is 14.6.